The third-order valence-corrected chi connectivity index (χ3v) is 4.10. The van der Waals surface area contributed by atoms with E-state index in [4.69, 9.17) is 10.5 Å². The van der Waals surface area contributed by atoms with E-state index >= 15 is 0 Å². The van der Waals surface area contributed by atoms with Gasteiger partial charge in [-0.2, -0.15) is 0 Å². The molecule has 0 radical (unpaired) electrons. The standard InChI is InChI=1S/C8H16N2O3S2/c1-13-7-4-2-3-6(7)10-15(11,12)5-8(9)14/h6-7,10H,2-5H2,1H3,(H2,9,14). The van der Waals surface area contributed by atoms with Gasteiger partial charge >= 0.3 is 0 Å². The first-order chi connectivity index (χ1) is 6.94. The topological polar surface area (TPSA) is 81.4 Å². The summed E-state index contributed by atoms with van der Waals surface area (Å²) in [7, 11) is -1.82. The summed E-state index contributed by atoms with van der Waals surface area (Å²) >= 11 is 4.57. The van der Waals surface area contributed by atoms with Crippen molar-refractivity contribution in [2.45, 2.75) is 31.4 Å². The summed E-state index contributed by atoms with van der Waals surface area (Å²) in [6, 6.07) is -0.144. The van der Waals surface area contributed by atoms with E-state index in [1.807, 2.05) is 0 Å². The molecule has 0 aromatic rings. The first-order valence-corrected chi connectivity index (χ1v) is 6.82. The van der Waals surface area contributed by atoms with Crippen LogP contribution in [0.25, 0.3) is 0 Å². The molecule has 0 aromatic carbocycles. The number of hydrogen-bond acceptors (Lipinski definition) is 4. The van der Waals surface area contributed by atoms with Crippen molar-refractivity contribution in [2.75, 3.05) is 12.9 Å². The highest BCUT2D eigenvalue weighted by Crippen LogP contribution is 2.22. The molecule has 0 heterocycles. The molecule has 5 nitrogen and oxygen atoms in total. The molecule has 1 saturated carbocycles. The van der Waals surface area contributed by atoms with E-state index in [1.54, 1.807) is 7.11 Å². The van der Waals surface area contributed by atoms with Gasteiger partial charge in [-0.3, -0.25) is 0 Å². The van der Waals surface area contributed by atoms with Gasteiger partial charge in [0.25, 0.3) is 0 Å². The van der Waals surface area contributed by atoms with Crippen LogP contribution in [0.5, 0.6) is 0 Å². The summed E-state index contributed by atoms with van der Waals surface area (Å²) in [6.07, 6.45) is 2.62. The lowest BCUT2D eigenvalue weighted by Crippen LogP contribution is -2.43. The Bertz CT molecular complexity index is 329. The summed E-state index contributed by atoms with van der Waals surface area (Å²) in [5.74, 6) is -0.296. The molecule has 0 saturated heterocycles. The Morgan fingerprint density at radius 3 is 2.80 bits per heavy atom. The van der Waals surface area contributed by atoms with Gasteiger partial charge in [-0.25, -0.2) is 13.1 Å². The van der Waals surface area contributed by atoms with E-state index in [0.717, 1.165) is 19.3 Å². The van der Waals surface area contributed by atoms with Crippen LogP contribution in [0.15, 0.2) is 0 Å². The largest absolute Gasteiger partial charge is 0.392 e. The SMILES string of the molecule is COC1CCCC1NS(=O)(=O)CC(N)=S. The summed E-state index contributed by atoms with van der Waals surface area (Å²) < 4.78 is 30.8. The molecular weight excluding hydrogens is 236 g/mol. The summed E-state index contributed by atoms with van der Waals surface area (Å²) in [5, 5.41) is 0. The molecule has 88 valence electrons. The highest BCUT2D eigenvalue weighted by molar-refractivity contribution is 7.92. The molecule has 2 unspecified atom stereocenters. The fraction of sp³-hybridized carbons (Fsp3) is 0.875. The molecule has 1 aliphatic carbocycles. The van der Waals surface area contributed by atoms with Crippen LogP contribution >= 0.6 is 12.2 Å². The van der Waals surface area contributed by atoms with Crippen LogP contribution < -0.4 is 10.5 Å². The number of rotatable bonds is 5. The molecule has 7 heteroatoms. The number of ether oxygens (including phenoxy) is 1. The van der Waals surface area contributed by atoms with Crippen molar-refractivity contribution in [3.8, 4) is 0 Å². The highest BCUT2D eigenvalue weighted by atomic mass is 32.2. The average molecular weight is 252 g/mol. The molecule has 2 atom stereocenters. The monoisotopic (exact) mass is 252 g/mol. The van der Waals surface area contributed by atoms with Gasteiger partial charge in [0.15, 0.2) is 0 Å². The van der Waals surface area contributed by atoms with Crippen LogP contribution in [0.4, 0.5) is 0 Å². The van der Waals surface area contributed by atoms with E-state index in [9.17, 15) is 8.42 Å². The Balaban J connectivity index is 2.57. The van der Waals surface area contributed by atoms with Gasteiger partial charge in [-0.1, -0.05) is 12.2 Å². The second-order valence-corrected chi connectivity index (χ2v) is 5.93. The van der Waals surface area contributed by atoms with E-state index in [1.165, 1.54) is 0 Å². The smallest absolute Gasteiger partial charge is 0.218 e. The van der Waals surface area contributed by atoms with Crippen LogP contribution in [0.2, 0.25) is 0 Å². The number of methoxy groups -OCH3 is 1. The van der Waals surface area contributed by atoms with Crippen molar-refractivity contribution < 1.29 is 13.2 Å². The van der Waals surface area contributed by atoms with Crippen molar-refractivity contribution in [1.82, 2.24) is 4.72 Å². The molecule has 1 rings (SSSR count). The van der Waals surface area contributed by atoms with E-state index in [2.05, 4.69) is 16.9 Å². The lowest BCUT2D eigenvalue weighted by Gasteiger charge is -2.19. The van der Waals surface area contributed by atoms with Gasteiger partial charge in [0, 0.05) is 13.2 Å². The number of hydrogen-bond donors (Lipinski definition) is 2. The van der Waals surface area contributed by atoms with Crippen molar-refractivity contribution in [2.24, 2.45) is 5.73 Å². The maximum atomic E-state index is 11.5. The van der Waals surface area contributed by atoms with Crippen LogP contribution in [0, 0.1) is 0 Å². The predicted molar refractivity (Wildman–Crippen MR) is 62.1 cm³/mol. The lowest BCUT2D eigenvalue weighted by molar-refractivity contribution is 0.0917. The summed E-state index contributed by atoms with van der Waals surface area (Å²) in [5.41, 5.74) is 5.20. The molecule has 15 heavy (non-hydrogen) atoms. The van der Waals surface area contributed by atoms with Gasteiger partial charge in [0.1, 0.15) is 5.75 Å². The lowest BCUT2D eigenvalue weighted by atomic mass is 10.2. The zero-order valence-corrected chi connectivity index (χ0v) is 10.2. The van der Waals surface area contributed by atoms with Gasteiger partial charge < -0.3 is 10.5 Å². The molecule has 0 bridgehead atoms. The summed E-state index contributed by atoms with van der Waals surface area (Å²) in [4.78, 5) is -0.0190. The number of nitrogens with two attached hydrogens (primary N) is 1. The normalized spacial score (nSPS) is 26.7. The number of nitrogens with one attached hydrogen (secondary N) is 1. The quantitative estimate of drug-likeness (QED) is 0.660. The first-order valence-electron chi connectivity index (χ1n) is 4.75. The van der Waals surface area contributed by atoms with Crippen LogP contribution in [0.3, 0.4) is 0 Å². The number of thiocarbonyl (C=S) groups is 1. The predicted octanol–water partition coefficient (Wildman–Crippen LogP) is -0.241. The first kappa shape index (κ1) is 12.8. The van der Waals surface area contributed by atoms with Crippen LogP contribution in [-0.4, -0.2) is 38.4 Å². The second kappa shape index (κ2) is 5.20. The molecule has 3 N–H and O–H groups in total. The van der Waals surface area contributed by atoms with Crippen molar-refractivity contribution in [3.63, 3.8) is 0 Å². The third kappa shape index (κ3) is 4.02. The molecular formula is C8H16N2O3S2. The van der Waals surface area contributed by atoms with Gasteiger partial charge in [-0.15, -0.1) is 0 Å². The van der Waals surface area contributed by atoms with Gasteiger partial charge in [0.2, 0.25) is 10.0 Å². The van der Waals surface area contributed by atoms with E-state index < -0.39 is 10.0 Å². The fourth-order valence-electron chi connectivity index (χ4n) is 1.80. The minimum absolute atomic E-state index is 0.0190. The Hall–Kier alpha value is -0.240. The van der Waals surface area contributed by atoms with Crippen LogP contribution in [0.1, 0.15) is 19.3 Å². The maximum Gasteiger partial charge on any atom is 0.218 e. The minimum atomic E-state index is -3.40. The third-order valence-electron chi connectivity index (χ3n) is 2.42. The highest BCUT2D eigenvalue weighted by Gasteiger charge is 2.30. The Morgan fingerprint density at radius 1 is 1.60 bits per heavy atom. The van der Waals surface area contributed by atoms with Gasteiger partial charge in [0.05, 0.1) is 11.1 Å². The zero-order chi connectivity index (χ0) is 11.5. The average Bonchev–Trinajstić information content (AvgIpc) is 2.48. The van der Waals surface area contributed by atoms with Crippen LogP contribution in [-0.2, 0) is 14.8 Å². The van der Waals surface area contributed by atoms with Gasteiger partial charge in [-0.05, 0) is 19.3 Å². The molecule has 0 spiro atoms. The molecule has 0 aliphatic heterocycles. The fourth-order valence-corrected chi connectivity index (χ4v) is 3.46. The van der Waals surface area contributed by atoms with Crippen molar-refractivity contribution in [3.05, 3.63) is 0 Å². The van der Waals surface area contributed by atoms with E-state index in [0.29, 0.717) is 0 Å². The van der Waals surface area contributed by atoms with Crippen molar-refractivity contribution >= 4 is 27.2 Å². The Labute approximate surface area is 95.4 Å². The number of sulfonamides is 1. The van der Waals surface area contributed by atoms with E-state index in [-0.39, 0.29) is 22.9 Å². The Morgan fingerprint density at radius 2 is 2.27 bits per heavy atom. The minimum Gasteiger partial charge on any atom is -0.392 e. The molecule has 0 aromatic heterocycles. The Kier molecular flexibility index (Phi) is 4.45. The molecule has 1 fully saturated rings. The second-order valence-electron chi connectivity index (χ2n) is 3.65. The zero-order valence-electron chi connectivity index (χ0n) is 8.60. The maximum absolute atomic E-state index is 11.5. The summed E-state index contributed by atoms with van der Waals surface area (Å²) in [6.45, 7) is 0. The molecule has 0 amide bonds. The van der Waals surface area contributed by atoms with Crippen molar-refractivity contribution in [1.29, 1.82) is 0 Å². The molecule has 1 aliphatic rings.